The largest absolute Gasteiger partial charge is 0.397 e. The number of nitrogen functional groups attached to an aromatic ring is 1. The predicted octanol–water partition coefficient (Wildman–Crippen LogP) is 7.08. The summed E-state index contributed by atoms with van der Waals surface area (Å²) in [5.41, 5.74) is 13.9. The number of pyridine rings is 1. The van der Waals surface area contributed by atoms with Crippen molar-refractivity contribution in [2.75, 3.05) is 11.1 Å². The molecular formula is C28H23N3OS. The van der Waals surface area contributed by atoms with E-state index in [-0.39, 0.29) is 5.91 Å². The zero-order valence-corrected chi connectivity index (χ0v) is 19.2. The molecule has 3 N–H and O–H groups in total. The van der Waals surface area contributed by atoms with E-state index in [1.807, 2.05) is 49.4 Å². The lowest BCUT2D eigenvalue weighted by Crippen LogP contribution is -2.12. The van der Waals surface area contributed by atoms with Crippen LogP contribution in [0.5, 0.6) is 0 Å². The first-order valence-corrected chi connectivity index (χ1v) is 11.5. The van der Waals surface area contributed by atoms with Crippen molar-refractivity contribution >= 4 is 38.8 Å². The zero-order valence-electron chi connectivity index (χ0n) is 18.4. The number of thiophene rings is 1. The Morgan fingerprint density at radius 1 is 0.848 bits per heavy atom. The quantitative estimate of drug-likeness (QED) is 0.308. The Hall–Kier alpha value is -3.96. The number of fused-ring (bicyclic) bond motifs is 1. The Balaban J connectivity index is 1.66. The van der Waals surface area contributed by atoms with Gasteiger partial charge >= 0.3 is 0 Å². The maximum absolute atomic E-state index is 13.1. The summed E-state index contributed by atoms with van der Waals surface area (Å²) in [6.07, 6.45) is 0. The fraction of sp³-hybridized carbons (Fsp3) is 0.0714. The van der Waals surface area contributed by atoms with Crippen molar-refractivity contribution < 1.29 is 4.79 Å². The lowest BCUT2D eigenvalue weighted by atomic mass is 9.99. The molecule has 0 bridgehead atoms. The highest BCUT2D eigenvalue weighted by molar-refractivity contribution is 7.21. The number of carbonyl (C=O) groups excluding carboxylic acids is 1. The van der Waals surface area contributed by atoms with Crippen LogP contribution in [0.25, 0.3) is 32.6 Å². The third kappa shape index (κ3) is 4.11. The van der Waals surface area contributed by atoms with Gasteiger partial charge in [0.25, 0.3) is 5.91 Å². The Morgan fingerprint density at radius 3 is 2.33 bits per heavy atom. The number of aryl methyl sites for hydroxylation is 2. The van der Waals surface area contributed by atoms with E-state index >= 15 is 0 Å². The Kier molecular flexibility index (Phi) is 5.40. The number of benzene rings is 3. The first-order chi connectivity index (χ1) is 16.0. The van der Waals surface area contributed by atoms with E-state index in [0.29, 0.717) is 10.6 Å². The van der Waals surface area contributed by atoms with E-state index < -0.39 is 0 Å². The Morgan fingerprint density at radius 2 is 1.61 bits per heavy atom. The van der Waals surface area contributed by atoms with Crippen LogP contribution in [0.2, 0.25) is 0 Å². The number of nitrogens with zero attached hydrogens (tertiary/aromatic N) is 1. The molecule has 0 fully saturated rings. The third-order valence-corrected chi connectivity index (χ3v) is 6.71. The van der Waals surface area contributed by atoms with Gasteiger partial charge in [-0.1, -0.05) is 72.3 Å². The number of nitrogens with one attached hydrogen (secondary N) is 1. The van der Waals surface area contributed by atoms with Gasteiger partial charge in [0.1, 0.15) is 9.71 Å². The summed E-state index contributed by atoms with van der Waals surface area (Å²) in [5.74, 6) is -0.225. The van der Waals surface area contributed by atoms with Crippen molar-refractivity contribution in [2.24, 2.45) is 0 Å². The van der Waals surface area contributed by atoms with E-state index in [1.165, 1.54) is 16.9 Å². The molecule has 0 saturated heterocycles. The number of anilines is 2. The first kappa shape index (κ1) is 20.9. The fourth-order valence-corrected chi connectivity index (χ4v) is 4.93. The molecule has 0 aliphatic carbocycles. The number of hydrogen-bond acceptors (Lipinski definition) is 4. The molecule has 3 aromatic carbocycles. The second-order valence-electron chi connectivity index (χ2n) is 8.14. The van der Waals surface area contributed by atoms with E-state index in [4.69, 9.17) is 10.7 Å². The van der Waals surface area contributed by atoms with Gasteiger partial charge in [0, 0.05) is 16.6 Å². The topological polar surface area (TPSA) is 68.0 Å². The molecule has 0 atom stereocenters. The molecule has 0 radical (unpaired) electrons. The molecule has 2 aromatic heterocycles. The van der Waals surface area contributed by atoms with Crippen LogP contribution in [0.1, 0.15) is 20.8 Å². The van der Waals surface area contributed by atoms with Gasteiger partial charge in [0.2, 0.25) is 0 Å². The average molecular weight is 450 g/mol. The van der Waals surface area contributed by atoms with Crippen molar-refractivity contribution in [3.8, 4) is 22.4 Å². The molecule has 1 amide bonds. The summed E-state index contributed by atoms with van der Waals surface area (Å²) in [7, 11) is 0. The molecule has 0 aliphatic heterocycles. The number of amides is 1. The van der Waals surface area contributed by atoms with Gasteiger partial charge in [-0.15, -0.1) is 11.3 Å². The van der Waals surface area contributed by atoms with Gasteiger partial charge in [0.15, 0.2) is 0 Å². The molecular weight excluding hydrogens is 426 g/mol. The van der Waals surface area contributed by atoms with Crippen LogP contribution < -0.4 is 11.1 Å². The van der Waals surface area contributed by atoms with Crippen molar-refractivity contribution in [2.45, 2.75) is 13.8 Å². The molecule has 4 nitrogen and oxygen atoms in total. The molecule has 5 aromatic rings. The second-order valence-corrected chi connectivity index (χ2v) is 9.13. The monoisotopic (exact) mass is 449 g/mol. The van der Waals surface area contributed by atoms with Crippen molar-refractivity contribution in [1.82, 2.24) is 4.98 Å². The number of nitrogens with two attached hydrogens (primary N) is 1. The van der Waals surface area contributed by atoms with Crippen molar-refractivity contribution in [3.05, 3.63) is 101 Å². The van der Waals surface area contributed by atoms with Crippen LogP contribution in [-0.4, -0.2) is 10.9 Å². The van der Waals surface area contributed by atoms with Gasteiger partial charge in [-0.2, -0.15) is 0 Å². The standard InChI is InChI=1S/C28H23N3OS/c1-17-11-13-20(14-12-17)23-16-22(19-8-4-3-5-9-19)24-25(29)26(33-28(24)31-23)27(32)30-21-10-6-7-18(2)15-21/h3-16H,29H2,1-2H3,(H,30,32). The summed E-state index contributed by atoms with van der Waals surface area (Å²) in [5, 5.41) is 3.79. The molecule has 0 unspecified atom stereocenters. The van der Waals surface area contributed by atoms with Crippen LogP contribution in [0.4, 0.5) is 11.4 Å². The SMILES string of the molecule is Cc1ccc(-c2cc(-c3ccccc3)c3c(N)c(C(=O)Nc4cccc(C)c4)sc3n2)cc1. The first-order valence-electron chi connectivity index (χ1n) is 10.7. The minimum absolute atomic E-state index is 0.225. The molecule has 0 spiro atoms. The van der Waals surface area contributed by atoms with E-state index in [0.717, 1.165) is 43.9 Å². The smallest absolute Gasteiger partial charge is 0.267 e. The highest BCUT2D eigenvalue weighted by Crippen LogP contribution is 2.41. The van der Waals surface area contributed by atoms with Gasteiger partial charge in [0.05, 0.1) is 11.4 Å². The minimum atomic E-state index is -0.225. The van der Waals surface area contributed by atoms with Crippen LogP contribution in [0, 0.1) is 13.8 Å². The lowest BCUT2D eigenvalue weighted by molar-refractivity contribution is 0.103. The van der Waals surface area contributed by atoms with Gasteiger partial charge < -0.3 is 11.1 Å². The van der Waals surface area contributed by atoms with Gasteiger partial charge in [-0.3, -0.25) is 4.79 Å². The average Bonchev–Trinajstić information content (AvgIpc) is 3.16. The number of rotatable bonds is 4. The van der Waals surface area contributed by atoms with Crippen LogP contribution in [0.3, 0.4) is 0 Å². The number of aromatic nitrogens is 1. The van der Waals surface area contributed by atoms with Crippen molar-refractivity contribution in [3.63, 3.8) is 0 Å². The lowest BCUT2D eigenvalue weighted by Gasteiger charge is -2.09. The number of hydrogen-bond donors (Lipinski definition) is 2. The Labute approximate surface area is 196 Å². The summed E-state index contributed by atoms with van der Waals surface area (Å²) in [6, 6.07) is 28.2. The highest BCUT2D eigenvalue weighted by Gasteiger charge is 2.21. The summed E-state index contributed by atoms with van der Waals surface area (Å²) < 4.78 is 0. The van der Waals surface area contributed by atoms with Crippen molar-refractivity contribution in [1.29, 1.82) is 0 Å². The molecule has 0 aliphatic rings. The molecule has 5 rings (SSSR count). The summed E-state index contributed by atoms with van der Waals surface area (Å²) in [6.45, 7) is 4.06. The number of carbonyl (C=O) groups is 1. The third-order valence-electron chi connectivity index (χ3n) is 5.61. The Bertz CT molecular complexity index is 1470. The molecule has 0 saturated carbocycles. The van der Waals surface area contributed by atoms with Crippen LogP contribution in [0.15, 0.2) is 84.9 Å². The minimum Gasteiger partial charge on any atom is -0.397 e. The summed E-state index contributed by atoms with van der Waals surface area (Å²) >= 11 is 1.33. The predicted molar refractivity (Wildman–Crippen MR) is 139 cm³/mol. The van der Waals surface area contributed by atoms with E-state index in [1.54, 1.807) is 0 Å². The van der Waals surface area contributed by atoms with E-state index in [9.17, 15) is 4.79 Å². The normalized spacial score (nSPS) is 11.0. The molecule has 5 heteroatoms. The zero-order chi connectivity index (χ0) is 22.9. The molecule has 162 valence electrons. The molecule has 2 heterocycles. The maximum Gasteiger partial charge on any atom is 0.267 e. The summed E-state index contributed by atoms with van der Waals surface area (Å²) in [4.78, 5) is 19.3. The van der Waals surface area contributed by atoms with Gasteiger partial charge in [-0.25, -0.2) is 4.98 Å². The molecule has 33 heavy (non-hydrogen) atoms. The van der Waals surface area contributed by atoms with Gasteiger partial charge in [-0.05, 0) is 48.7 Å². The highest BCUT2D eigenvalue weighted by atomic mass is 32.1. The second kappa shape index (κ2) is 8.52. The van der Waals surface area contributed by atoms with E-state index in [2.05, 4.69) is 54.7 Å². The maximum atomic E-state index is 13.1. The van der Waals surface area contributed by atoms with Crippen LogP contribution >= 0.6 is 11.3 Å². The van der Waals surface area contributed by atoms with Crippen LogP contribution in [-0.2, 0) is 0 Å². The fourth-order valence-electron chi connectivity index (χ4n) is 3.92.